The second-order valence-corrected chi connectivity index (χ2v) is 9.55. The highest BCUT2D eigenvalue weighted by molar-refractivity contribution is 7.59. The van der Waals surface area contributed by atoms with Gasteiger partial charge in [-0.2, -0.15) is 13.5 Å². The number of benzene rings is 1. The number of likely N-dealkylation sites (N-methyl/N-ethyl adjacent to an activating group) is 1. The number of nitrogens with one attached hydrogen (secondary N) is 2. The summed E-state index contributed by atoms with van der Waals surface area (Å²) in [4.78, 5) is 46.5. The maximum Gasteiger partial charge on any atom is 0.251 e. The standard InChI is InChI=1S/C29H32N8O2.H2S/c1-4-36-12-13-37(17-27(36)38)26-9-8-20(16-33-26)24-14-25(35-18-34-24)32-15-19(2)21-6-5-7-22-23(29(39)30-3)10-11-31-28(21)22;/h5-11,14,16,18-19H,4,12-13,15,17H2,1-3H3,(H,30,39)(H,32,34,35);1H2/t19-;/m1./s1. The summed E-state index contributed by atoms with van der Waals surface area (Å²) in [7, 11) is 1.63. The van der Waals surface area contributed by atoms with Crippen molar-refractivity contribution in [2.45, 2.75) is 19.8 Å². The van der Waals surface area contributed by atoms with Crippen LogP contribution in [0.3, 0.4) is 0 Å². The van der Waals surface area contributed by atoms with E-state index in [4.69, 9.17) is 0 Å². The number of nitrogens with zero attached hydrogens (tertiary/aromatic N) is 6. The molecule has 4 aromatic rings. The third-order valence-corrected chi connectivity index (χ3v) is 7.13. The number of anilines is 2. The largest absolute Gasteiger partial charge is 0.369 e. The van der Waals surface area contributed by atoms with Gasteiger partial charge in [0.15, 0.2) is 0 Å². The average molecular weight is 559 g/mol. The number of rotatable bonds is 8. The molecule has 4 heterocycles. The molecule has 0 radical (unpaired) electrons. The van der Waals surface area contributed by atoms with Gasteiger partial charge in [0.25, 0.3) is 5.91 Å². The van der Waals surface area contributed by atoms with Crippen LogP contribution in [0.5, 0.6) is 0 Å². The molecule has 11 heteroatoms. The first-order valence-corrected chi connectivity index (χ1v) is 13.1. The number of carbonyl (C=O) groups is 2. The Morgan fingerprint density at radius 1 is 1.07 bits per heavy atom. The number of fused-ring (bicyclic) bond motifs is 1. The second-order valence-electron chi connectivity index (χ2n) is 9.55. The summed E-state index contributed by atoms with van der Waals surface area (Å²) >= 11 is 0. The summed E-state index contributed by atoms with van der Waals surface area (Å²) in [6.07, 6.45) is 5.00. The van der Waals surface area contributed by atoms with E-state index in [-0.39, 0.29) is 31.2 Å². The minimum Gasteiger partial charge on any atom is -0.369 e. The van der Waals surface area contributed by atoms with Gasteiger partial charge in [0.2, 0.25) is 5.91 Å². The fourth-order valence-electron chi connectivity index (χ4n) is 4.87. The van der Waals surface area contributed by atoms with E-state index < -0.39 is 0 Å². The first-order valence-electron chi connectivity index (χ1n) is 13.1. The van der Waals surface area contributed by atoms with Gasteiger partial charge in [-0.3, -0.25) is 14.6 Å². The van der Waals surface area contributed by atoms with E-state index in [1.807, 2.05) is 53.1 Å². The molecule has 0 saturated carbocycles. The van der Waals surface area contributed by atoms with Gasteiger partial charge in [-0.25, -0.2) is 15.0 Å². The van der Waals surface area contributed by atoms with Crippen LogP contribution in [0.2, 0.25) is 0 Å². The summed E-state index contributed by atoms with van der Waals surface area (Å²) in [6, 6.07) is 13.5. The summed E-state index contributed by atoms with van der Waals surface area (Å²) < 4.78 is 0. The van der Waals surface area contributed by atoms with Gasteiger partial charge in [0.1, 0.15) is 18.0 Å². The van der Waals surface area contributed by atoms with E-state index in [2.05, 4.69) is 37.5 Å². The number of aromatic nitrogens is 4. The van der Waals surface area contributed by atoms with Gasteiger partial charge < -0.3 is 20.4 Å². The molecule has 1 saturated heterocycles. The molecule has 0 unspecified atom stereocenters. The predicted octanol–water partition coefficient (Wildman–Crippen LogP) is 3.44. The van der Waals surface area contributed by atoms with E-state index in [0.29, 0.717) is 31.0 Å². The number of pyridine rings is 2. The summed E-state index contributed by atoms with van der Waals surface area (Å²) in [5, 5.41) is 6.94. The van der Waals surface area contributed by atoms with E-state index in [9.17, 15) is 9.59 Å². The lowest BCUT2D eigenvalue weighted by Gasteiger charge is -2.34. The molecule has 1 aromatic carbocycles. The molecule has 0 aliphatic carbocycles. The highest BCUT2D eigenvalue weighted by atomic mass is 32.1. The Hall–Kier alpha value is -4.25. The molecule has 1 aliphatic heterocycles. The van der Waals surface area contributed by atoms with Crippen molar-refractivity contribution in [2.24, 2.45) is 0 Å². The second kappa shape index (κ2) is 12.7. The summed E-state index contributed by atoms with van der Waals surface area (Å²) in [6.45, 7) is 7.30. The van der Waals surface area contributed by atoms with Crippen LogP contribution in [0.25, 0.3) is 22.2 Å². The lowest BCUT2D eigenvalue weighted by molar-refractivity contribution is -0.130. The van der Waals surface area contributed by atoms with Gasteiger partial charge in [0, 0.05) is 68.6 Å². The summed E-state index contributed by atoms with van der Waals surface area (Å²) in [5.41, 5.74) is 4.11. The average Bonchev–Trinajstić information content (AvgIpc) is 2.99. The van der Waals surface area contributed by atoms with Crippen LogP contribution in [-0.4, -0.2) is 76.4 Å². The van der Waals surface area contributed by atoms with E-state index >= 15 is 0 Å². The highest BCUT2D eigenvalue weighted by Gasteiger charge is 2.23. The molecular weight excluding hydrogens is 524 g/mol. The number of para-hydroxylation sites is 1. The molecule has 0 spiro atoms. The molecule has 1 atom stereocenters. The Labute approximate surface area is 240 Å². The Morgan fingerprint density at radius 3 is 2.65 bits per heavy atom. The first-order chi connectivity index (χ1) is 19.0. The zero-order valence-corrected chi connectivity index (χ0v) is 23.9. The highest BCUT2D eigenvalue weighted by Crippen LogP contribution is 2.27. The molecule has 1 aliphatic rings. The Morgan fingerprint density at radius 2 is 1.93 bits per heavy atom. The molecule has 2 N–H and O–H groups in total. The van der Waals surface area contributed by atoms with Crippen LogP contribution < -0.4 is 15.5 Å². The molecule has 10 nitrogen and oxygen atoms in total. The number of piperazine rings is 1. The van der Waals surface area contributed by atoms with Crippen LogP contribution >= 0.6 is 13.5 Å². The monoisotopic (exact) mass is 558 g/mol. The topological polar surface area (TPSA) is 116 Å². The van der Waals surface area contributed by atoms with Crippen LogP contribution in [0.4, 0.5) is 11.6 Å². The molecule has 40 heavy (non-hydrogen) atoms. The van der Waals surface area contributed by atoms with Crippen LogP contribution in [-0.2, 0) is 4.79 Å². The van der Waals surface area contributed by atoms with Gasteiger partial charge >= 0.3 is 0 Å². The molecule has 5 rings (SSSR count). The molecule has 0 bridgehead atoms. The Balaban J connectivity index is 0.00000370. The number of carbonyl (C=O) groups excluding carboxylic acids is 2. The first kappa shape index (κ1) is 28.8. The minimum atomic E-state index is -0.131. The summed E-state index contributed by atoms with van der Waals surface area (Å²) in [5.74, 6) is 1.59. The van der Waals surface area contributed by atoms with Gasteiger partial charge in [-0.05, 0) is 30.7 Å². The quantitative estimate of drug-likeness (QED) is 0.338. The minimum absolute atomic E-state index is 0. The zero-order chi connectivity index (χ0) is 27.4. The molecule has 2 amide bonds. The van der Waals surface area contributed by atoms with E-state index in [1.165, 1.54) is 6.33 Å². The van der Waals surface area contributed by atoms with E-state index in [0.717, 1.165) is 46.6 Å². The van der Waals surface area contributed by atoms with Gasteiger partial charge in [-0.15, -0.1) is 0 Å². The smallest absolute Gasteiger partial charge is 0.251 e. The Bertz CT molecular complexity index is 1500. The molecule has 3 aromatic heterocycles. The van der Waals surface area contributed by atoms with Crippen molar-refractivity contribution in [3.05, 3.63) is 72.3 Å². The SMILES string of the molecule is CCN1CCN(c2ccc(-c3cc(NC[C@@H](C)c4cccc5c(C(=O)NC)ccnc45)ncn3)cn2)CC1=O.S. The van der Waals surface area contributed by atoms with Crippen molar-refractivity contribution in [2.75, 3.05) is 50.0 Å². The van der Waals surface area contributed by atoms with Crippen molar-refractivity contribution in [1.82, 2.24) is 30.2 Å². The lowest BCUT2D eigenvalue weighted by Crippen LogP contribution is -2.50. The molecule has 208 valence electrons. The third-order valence-electron chi connectivity index (χ3n) is 7.13. The van der Waals surface area contributed by atoms with Crippen molar-refractivity contribution < 1.29 is 9.59 Å². The normalized spacial score (nSPS) is 14.0. The van der Waals surface area contributed by atoms with Crippen LogP contribution in [0.1, 0.15) is 35.7 Å². The van der Waals surface area contributed by atoms with Crippen molar-refractivity contribution in [3.8, 4) is 11.3 Å². The van der Waals surface area contributed by atoms with Crippen molar-refractivity contribution >= 4 is 47.8 Å². The van der Waals surface area contributed by atoms with Crippen molar-refractivity contribution in [1.29, 1.82) is 0 Å². The third kappa shape index (κ3) is 5.99. The van der Waals surface area contributed by atoms with Crippen molar-refractivity contribution in [3.63, 3.8) is 0 Å². The maximum absolute atomic E-state index is 12.3. The van der Waals surface area contributed by atoms with Crippen LogP contribution in [0, 0.1) is 0 Å². The number of amides is 2. The maximum atomic E-state index is 12.3. The predicted molar refractivity (Wildman–Crippen MR) is 162 cm³/mol. The molecular formula is C29H34N8O2S. The fraction of sp³-hybridized carbons (Fsp3) is 0.310. The van der Waals surface area contributed by atoms with E-state index in [1.54, 1.807) is 25.5 Å². The molecule has 1 fully saturated rings. The fourth-order valence-corrected chi connectivity index (χ4v) is 4.87. The van der Waals surface area contributed by atoms with Gasteiger partial charge in [-0.1, -0.05) is 25.1 Å². The van der Waals surface area contributed by atoms with Gasteiger partial charge in [0.05, 0.1) is 23.3 Å². The lowest BCUT2D eigenvalue weighted by atomic mass is 9.96. The Kier molecular flexibility index (Phi) is 9.15. The number of hydrogen-bond acceptors (Lipinski definition) is 8. The zero-order valence-electron chi connectivity index (χ0n) is 22.9. The van der Waals surface area contributed by atoms with Crippen LogP contribution in [0.15, 0.2) is 61.2 Å². The number of hydrogen-bond donors (Lipinski definition) is 2.